The molecule has 0 spiro atoms. The van der Waals surface area contributed by atoms with Crippen LogP contribution in [0.4, 0.5) is 11.4 Å². The summed E-state index contributed by atoms with van der Waals surface area (Å²) in [6.45, 7) is 7.74. The Morgan fingerprint density at radius 2 is 1.69 bits per heavy atom. The van der Waals surface area contributed by atoms with Crippen molar-refractivity contribution in [1.82, 2.24) is 0 Å². The lowest BCUT2D eigenvalue weighted by atomic mass is 10.1. The molecular formula is C11H16N2. The maximum Gasteiger partial charge on any atom is 0.0887 e. The molecule has 0 N–H and O–H groups in total. The Bertz CT molecular complexity index is 327. The van der Waals surface area contributed by atoms with Gasteiger partial charge in [0.25, 0.3) is 0 Å². The summed E-state index contributed by atoms with van der Waals surface area (Å²) in [5.74, 6) is 0. The van der Waals surface area contributed by atoms with Crippen molar-refractivity contribution in [3.63, 3.8) is 0 Å². The second kappa shape index (κ2) is 3.60. The molecule has 0 bridgehead atoms. The van der Waals surface area contributed by atoms with Gasteiger partial charge in [0, 0.05) is 14.1 Å². The van der Waals surface area contributed by atoms with Crippen molar-refractivity contribution < 1.29 is 0 Å². The fourth-order valence-corrected chi connectivity index (χ4v) is 1.55. The Labute approximate surface area is 79.9 Å². The summed E-state index contributed by atoms with van der Waals surface area (Å²) in [7, 11) is 4.05. The lowest BCUT2D eigenvalue weighted by Crippen LogP contribution is -2.10. The van der Waals surface area contributed by atoms with E-state index >= 15 is 0 Å². The van der Waals surface area contributed by atoms with Gasteiger partial charge < -0.3 is 4.90 Å². The third kappa shape index (κ3) is 1.72. The molecule has 0 saturated carbocycles. The van der Waals surface area contributed by atoms with E-state index in [2.05, 4.69) is 42.6 Å². The third-order valence-corrected chi connectivity index (χ3v) is 2.16. The first-order chi connectivity index (χ1) is 6.07. The maximum atomic E-state index is 4.06. The largest absolute Gasteiger partial charge is 0.376 e. The predicted molar refractivity (Wildman–Crippen MR) is 59.5 cm³/mol. The number of nitrogens with zero attached hydrogens (tertiary/aromatic N) is 2. The summed E-state index contributed by atoms with van der Waals surface area (Å²) in [4.78, 5) is 6.14. The fourth-order valence-electron chi connectivity index (χ4n) is 1.55. The summed E-state index contributed by atoms with van der Waals surface area (Å²) < 4.78 is 0. The van der Waals surface area contributed by atoms with E-state index in [9.17, 15) is 0 Å². The zero-order valence-corrected chi connectivity index (χ0v) is 8.76. The van der Waals surface area contributed by atoms with Crippen molar-refractivity contribution in [2.45, 2.75) is 13.8 Å². The van der Waals surface area contributed by atoms with Gasteiger partial charge in [-0.2, -0.15) is 0 Å². The third-order valence-electron chi connectivity index (χ3n) is 2.16. The highest BCUT2D eigenvalue weighted by Gasteiger charge is 2.08. The van der Waals surface area contributed by atoms with E-state index in [0.29, 0.717) is 0 Å². The monoisotopic (exact) mass is 176 g/mol. The summed E-state index contributed by atoms with van der Waals surface area (Å²) >= 11 is 0. The minimum Gasteiger partial charge on any atom is -0.376 e. The van der Waals surface area contributed by atoms with Crippen LogP contribution in [0.15, 0.2) is 17.1 Å². The van der Waals surface area contributed by atoms with E-state index in [0.717, 1.165) is 11.4 Å². The lowest BCUT2D eigenvalue weighted by molar-refractivity contribution is 1.11. The number of aliphatic imine (C=N–C) groups is 1. The average molecular weight is 176 g/mol. The topological polar surface area (TPSA) is 15.6 Å². The molecule has 2 heteroatoms. The van der Waals surface area contributed by atoms with Crippen LogP contribution < -0.4 is 4.90 Å². The second-order valence-electron chi connectivity index (χ2n) is 3.45. The minimum absolute atomic E-state index is 0.991. The van der Waals surface area contributed by atoms with E-state index < -0.39 is 0 Å². The normalized spacial score (nSPS) is 9.85. The van der Waals surface area contributed by atoms with Gasteiger partial charge in [0.2, 0.25) is 0 Å². The van der Waals surface area contributed by atoms with E-state index in [4.69, 9.17) is 0 Å². The van der Waals surface area contributed by atoms with E-state index in [1.165, 1.54) is 11.1 Å². The molecule has 0 amide bonds. The van der Waals surface area contributed by atoms with E-state index in [1.54, 1.807) is 0 Å². The van der Waals surface area contributed by atoms with Gasteiger partial charge in [0.15, 0.2) is 0 Å². The first kappa shape index (κ1) is 9.78. The first-order valence-corrected chi connectivity index (χ1v) is 4.32. The van der Waals surface area contributed by atoms with Gasteiger partial charge in [-0.25, -0.2) is 0 Å². The Kier molecular flexibility index (Phi) is 2.71. The standard InChI is InChI=1S/C11H16N2/c1-8-6-7-9(2)11(13(4)5)10(8)12-3/h6-7H,3H2,1-2,4-5H3. The lowest BCUT2D eigenvalue weighted by Gasteiger charge is -2.19. The van der Waals surface area contributed by atoms with Gasteiger partial charge in [-0.05, 0) is 31.7 Å². The zero-order valence-electron chi connectivity index (χ0n) is 8.76. The van der Waals surface area contributed by atoms with Crippen LogP contribution in [0.25, 0.3) is 0 Å². The van der Waals surface area contributed by atoms with Crippen molar-refractivity contribution >= 4 is 18.1 Å². The first-order valence-electron chi connectivity index (χ1n) is 4.32. The summed E-state index contributed by atoms with van der Waals surface area (Å²) in [6, 6.07) is 4.19. The Morgan fingerprint density at radius 3 is 2.08 bits per heavy atom. The molecule has 13 heavy (non-hydrogen) atoms. The average Bonchev–Trinajstić information content (AvgIpc) is 2.07. The maximum absolute atomic E-state index is 4.06. The zero-order chi connectivity index (χ0) is 10.0. The van der Waals surface area contributed by atoms with Crippen molar-refractivity contribution in [2.24, 2.45) is 4.99 Å². The van der Waals surface area contributed by atoms with Crippen LogP contribution in [0, 0.1) is 13.8 Å². The van der Waals surface area contributed by atoms with Crippen LogP contribution in [0.3, 0.4) is 0 Å². The van der Waals surface area contributed by atoms with Crippen LogP contribution in [0.2, 0.25) is 0 Å². The molecule has 0 saturated heterocycles. The van der Waals surface area contributed by atoms with Crippen molar-refractivity contribution in [3.8, 4) is 0 Å². The van der Waals surface area contributed by atoms with Crippen LogP contribution in [0.1, 0.15) is 11.1 Å². The highest BCUT2D eigenvalue weighted by molar-refractivity contribution is 5.75. The molecule has 0 fully saturated rings. The molecule has 0 atom stereocenters. The van der Waals surface area contributed by atoms with Gasteiger partial charge in [-0.15, -0.1) is 0 Å². The van der Waals surface area contributed by atoms with Gasteiger partial charge in [-0.1, -0.05) is 12.1 Å². The molecule has 0 unspecified atom stereocenters. The minimum atomic E-state index is 0.991. The van der Waals surface area contributed by atoms with Gasteiger partial charge in [0.05, 0.1) is 11.4 Å². The van der Waals surface area contributed by atoms with Gasteiger partial charge >= 0.3 is 0 Å². The Hall–Kier alpha value is -1.31. The predicted octanol–water partition coefficient (Wildman–Crippen LogP) is 2.70. The molecule has 0 aliphatic rings. The highest BCUT2D eigenvalue weighted by atomic mass is 15.1. The fraction of sp³-hybridized carbons (Fsp3) is 0.364. The molecular weight excluding hydrogens is 160 g/mol. The van der Waals surface area contributed by atoms with Crippen LogP contribution in [-0.4, -0.2) is 20.8 Å². The van der Waals surface area contributed by atoms with Gasteiger partial charge in [-0.3, -0.25) is 4.99 Å². The molecule has 0 aliphatic heterocycles. The summed E-state index contributed by atoms with van der Waals surface area (Å²) in [5.41, 5.74) is 4.56. The molecule has 1 aromatic rings. The number of hydrogen-bond donors (Lipinski definition) is 0. The Morgan fingerprint density at radius 1 is 1.15 bits per heavy atom. The number of anilines is 1. The smallest absolute Gasteiger partial charge is 0.0887 e. The van der Waals surface area contributed by atoms with Crippen molar-refractivity contribution in [1.29, 1.82) is 0 Å². The van der Waals surface area contributed by atoms with Crippen LogP contribution in [-0.2, 0) is 0 Å². The highest BCUT2D eigenvalue weighted by Crippen LogP contribution is 2.33. The van der Waals surface area contributed by atoms with Crippen LogP contribution >= 0.6 is 0 Å². The molecule has 0 aromatic heterocycles. The molecule has 0 aliphatic carbocycles. The van der Waals surface area contributed by atoms with Crippen molar-refractivity contribution in [3.05, 3.63) is 23.3 Å². The summed E-state index contributed by atoms with van der Waals surface area (Å²) in [5, 5.41) is 0. The summed E-state index contributed by atoms with van der Waals surface area (Å²) in [6.07, 6.45) is 0. The van der Waals surface area contributed by atoms with Crippen LogP contribution in [0.5, 0.6) is 0 Å². The van der Waals surface area contributed by atoms with E-state index in [1.807, 2.05) is 14.1 Å². The Balaban J connectivity index is 3.43. The van der Waals surface area contributed by atoms with Gasteiger partial charge in [0.1, 0.15) is 0 Å². The number of aryl methyl sites for hydroxylation is 2. The number of rotatable bonds is 2. The van der Waals surface area contributed by atoms with Crippen molar-refractivity contribution in [2.75, 3.05) is 19.0 Å². The van der Waals surface area contributed by atoms with E-state index in [-0.39, 0.29) is 0 Å². The second-order valence-corrected chi connectivity index (χ2v) is 3.45. The SMILES string of the molecule is C=Nc1c(C)ccc(C)c1N(C)C. The number of benzene rings is 1. The molecule has 2 nitrogen and oxygen atoms in total. The molecule has 70 valence electrons. The molecule has 0 radical (unpaired) electrons. The quantitative estimate of drug-likeness (QED) is 0.632. The molecule has 0 heterocycles. The molecule has 1 aromatic carbocycles. The molecule has 1 rings (SSSR count). The number of hydrogen-bond acceptors (Lipinski definition) is 2.